The van der Waals surface area contributed by atoms with Crippen molar-refractivity contribution in [2.24, 2.45) is 0 Å². The van der Waals surface area contributed by atoms with Crippen molar-refractivity contribution in [1.29, 1.82) is 0 Å². The van der Waals surface area contributed by atoms with Crippen LogP contribution in [0.3, 0.4) is 0 Å². The van der Waals surface area contributed by atoms with Gasteiger partial charge in [0.1, 0.15) is 6.17 Å². The van der Waals surface area contributed by atoms with Crippen molar-refractivity contribution < 1.29 is 86.5 Å². The van der Waals surface area contributed by atoms with E-state index in [0.29, 0.717) is 0 Å². The molecule has 1 atom stereocenters. The molecular weight excluding hydrogens is 311 g/mol. The van der Waals surface area contributed by atoms with Gasteiger partial charge in [0.2, 0.25) is 5.92 Å². The van der Waals surface area contributed by atoms with Crippen LogP contribution < -0.4 is 51.4 Å². The molecule has 0 bridgehead atoms. The summed E-state index contributed by atoms with van der Waals surface area (Å²) in [7, 11) is 0. The van der Waals surface area contributed by atoms with Gasteiger partial charge in [0.25, 0.3) is 0 Å². The van der Waals surface area contributed by atoms with E-state index in [1.807, 2.05) is 0 Å². The molecule has 0 spiro atoms. The Labute approximate surface area is 148 Å². The molecule has 0 saturated carbocycles. The summed E-state index contributed by atoms with van der Waals surface area (Å²) >= 11 is 0. The van der Waals surface area contributed by atoms with E-state index in [0.717, 1.165) is 0 Å². The molecule has 0 aromatic carbocycles. The van der Waals surface area contributed by atoms with Gasteiger partial charge in [-0.25, -0.2) is 13.2 Å². The summed E-state index contributed by atoms with van der Waals surface area (Å²) in [6, 6.07) is 0. The Bertz CT molecular complexity index is 228. The van der Waals surface area contributed by atoms with Crippen molar-refractivity contribution in [3.05, 3.63) is 6.43 Å². The van der Waals surface area contributed by atoms with Crippen LogP contribution in [0.2, 0.25) is 0 Å². The molecule has 1 unspecified atom stereocenters. The normalized spacial score (nSPS) is 14.4. The monoisotopic (exact) mass is 324 g/mol. The molecule has 9 heteroatoms. The molecule has 0 N–H and O–H groups in total. The maximum atomic E-state index is 12.7. The maximum Gasteiger partial charge on any atom is 1.00 e. The van der Waals surface area contributed by atoms with Crippen LogP contribution in [0.1, 0.15) is 38.5 Å². The first kappa shape index (κ1) is 22.4. The van der Waals surface area contributed by atoms with Gasteiger partial charge in [-0.1, -0.05) is 19.3 Å². The van der Waals surface area contributed by atoms with Gasteiger partial charge in [0.05, 0.1) is 6.43 Å². The number of unbranched alkanes of at least 4 members (excludes halogenated alkanes) is 3. The van der Waals surface area contributed by atoms with Crippen LogP contribution in [0.5, 0.6) is 0 Å². The molecule has 0 aliphatic rings. The second-order valence-corrected chi connectivity index (χ2v) is 3.92. The van der Waals surface area contributed by atoms with Crippen LogP contribution in [0, 0.1) is 6.43 Å². The first-order chi connectivity index (χ1) is 8.07. The Kier molecular flexibility index (Phi) is 11.7. The summed E-state index contributed by atoms with van der Waals surface area (Å²) in [5.74, 6) is -4.77. The van der Waals surface area contributed by atoms with Crippen LogP contribution in [-0.2, 0) is 0 Å². The zero-order chi connectivity index (χ0) is 14.4. The average molecular weight is 324 g/mol. The van der Waals surface area contributed by atoms with E-state index in [4.69, 9.17) is 0 Å². The predicted molar refractivity (Wildman–Crippen MR) is 49.1 cm³/mol. The van der Waals surface area contributed by atoms with Crippen molar-refractivity contribution >= 4 is 0 Å². The van der Waals surface area contributed by atoms with Gasteiger partial charge in [0.15, 0.2) is 0 Å². The van der Waals surface area contributed by atoms with Gasteiger partial charge >= 0.3 is 57.6 Å². The summed E-state index contributed by atoms with van der Waals surface area (Å²) in [6.07, 6.45) is -12.5. The SMILES string of the molecule is F[C-](F)C(F)(F)C(F)CCCCCCC(F)(F)F.[K+]. The Hall–Kier alpha value is 1.08. The number of hydrogen-bond donors (Lipinski definition) is 0. The number of hydrogen-bond acceptors (Lipinski definition) is 0. The standard InChI is InChI=1S/C10H13F8.K/c11-7(10(17,18)8(12)13)5-3-1-2-4-6-9(14,15)16;/h7H,1-6H2;/q-1;+1. The largest absolute Gasteiger partial charge is 1.00 e. The van der Waals surface area contributed by atoms with E-state index < -0.39 is 37.5 Å². The van der Waals surface area contributed by atoms with Gasteiger partial charge in [0, 0.05) is 6.42 Å². The second kappa shape index (κ2) is 9.91. The molecule has 110 valence electrons. The fourth-order valence-corrected chi connectivity index (χ4v) is 1.30. The van der Waals surface area contributed by atoms with E-state index in [9.17, 15) is 35.1 Å². The van der Waals surface area contributed by atoms with Crippen molar-refractivity contribution in [2.45, 2.75) is 56.8 Å². The van der Waals surface area contributed by atoms with Crippen LogP contribution in [0.15, 0.2) is 0 Å². The molecule has 0 aliphatic carbocycles. The zero-order valence-corrected chi connectivity index (χ0v) is 13.5. The molecule has 0 amide bonds. The maximum absolute atomic E-state index is 12.7. The minimum Gasteiger partial charge on any atom is -0.415 e. The van der Waals surface area contributed by atoms with E-state index in [2.05, 4.69) is 0 Å². The summed E-state index contributed by atoms with van der Waals surface area (Å²) in [6.45, 7) is 0. The van der Waals surface area contributed by atoms with Crippen LogP contribution in [0.25, 0.3) is 0 Å². The molecule has 0 fully saturated rings. The van der Waals surface area contributed by atoms with Gasteiger partial charge in [-0.2, -0.15) is 13.2 Å². The van der Waals surface area contributed by atoms with E-state index >= 15 is 0 Å². The Morgan fingerprint density at radius 3 is 1.74 bits per heavy atom. The minimum absolute atomic E-state index is 0. The molecule has 0 rings (SSSR count). The molecule has 19 heavy (non-hydrogen) atoms. The third-order valence-corrected chi connectivity index (χ3v) is 2.31. The summed E-state index contributed by atoms with van der Waals surface area (Å²) in [4.78, 5) is 0. The van der Waals surface area contributed by atoms with E-state index in [-0.39, 0.29) is 77.1 Å². The number of halogens is 8. The second-order valence-electron chi connectivity index (χ2n) is 3.92. The Balaban J connectivity index is 0. The number of rotatable bonds is 8. The fraction of sp³-hybridized carbons (Fsp3) is 0.900. The third kappa shape index (κ3) is 10.4. The first-order valence-corrected chi connectivity index (χ1v) is 5.34. The third-order valence-electron chi connectivity index (χ3n) is 2.31. The van der Waals surface area contributed by atoms with Crippen molar-refractivity contribution in [3.8, 4) is 0 Å². The molecular formula is C10H13F8K. The predicted octanol–water partition coefficient (Wildman–Crippen LogP) is 2.30. The zero-order valence-electron chi connectivity index (χ0n) is 10.3. The molecule has 0 aromatic rings. The van der Waals surface area contributed by atoms with E-state index in [1.54, 1.807) is 0 Å². The smallest absolute Gasteiger partial charge is 0.415 e. The molecule has 0 aliphatic heterocycles. The number of alkyl halides is 6. The van der Waals surface area contributed by atoms with Crippen LogP contribution >= 0.6 is 0 Å². The van der Waals surface area contributed by atoms with Crippen LogP contribution in [0.4, 0.5) is 35.1 Å². The van der Waals surface area contributed by atoms with Crippen LogP contribution in [-0.4, -0.2) is 18.3 Å². The summed E-state index contributed by atoms with van der Waals surface area (Å²) < 4.78 is 95.8. The topological polar surface area (TPSA) is 0 Å². The first-order valence-electron chi connectivity index (χ1n) is 5.34. The fourth-order valence-electron chi connectivity index (χ4n) is 1.30. The molecule has 0 saturated heterocycles. The van der Waals surface area contributed by atoms with Gasteiger partial charge in [-0.3, -0.25) is 0 Å². The van der Waals surface area contributed by atoms with Crippen molar-refractivity contribution in [2.75, 3.05) is 0 Å². The summed E-state index contributed by atoms with van der Waals surface area (Å²) in [5, 5.41) is 0. The average Bonchev–Trinajstić information content (AvgIpc) is 2.20. The van der Waals surface area contributed by atoms with Gasteiger partial charge in [-0.15, -0.1) is 0 Å². The molecule has 0 aromatic heterocycles. The van der Waals surface area contributed by atoms with Gasteiger partial charge in [-0.05, 0) is 12.8 Å². The molecule has 0 heterocycles. The Morgan fingerprint density at radius 1 is 0.842 bits per heavy atom. The van der Waals surface area contributed by atoms with Crippen molar-refractivity contribution in [1.82, 2.24) is 0 Å². The molecule has 0 nitrogen and oxygen atoms in total. The Morgan fingerprint density at radius 2 is 1.32 bits per heavy atom. The van der Waals surface area contributed by atoms with E-state index in [1.165, 1.54) is 0 Å². The van der Waals surface area contributed by atoms with Gasteiger partial charge < -0.3 is 8.78 Å². The quantitative estimate of drug-likeness (QED) is 0.278. The van der Waals surface area contributed by atoms with Crippen molar-refractivity contribution in [3.63, 3.8) is 0 Å². The summed E-state index contributed by atoms with van der Waals surface area (Å²) in [5.41, 5.74) is 0. The molecule has 0 radical (unpaired) electrons. The minimum atomic E-state index is -4.77.